The first kappa shape index (κ1) is 45.1. The summed E-state index contributed by atoms with van der Waals surface area (Å²) in [6.45, 7) is 4.17. The molecular formula is C41H81NO4. The fourth-order valence-corrected chi connectivity index (χ4v) is 6.40. The molecule has 3 atom stereocenters. The zero-order chi connectivity index (χ0) is 33.8. The molecule has 274 valence electrons. The predicted octanol–water partition coefficient (Wildman–Crippen LogP) is 11.3. The zero-order valence-electron chi connectivity index (χ0n) is 31.0. The van der Waals surface area contributed by atoms with Crippen molar-refractivity contribution in [1.82, 2.24) is 5.32 Å². The number of carbonyl (C=O) groups excluding carboxylic acids is 1. The average molecular weight is 652 g/mol. The van der Waals surface area contributed by atoms with Crippen LogP contribution in [0.2, 0.25) is 0 Å². The number of nitrogens with one attached hydrogen (secondary N) is 1. The Kier molecular flexibility index (Phi) is 36.2. The summed E-state index contributed by atoms with van der Waals surface area (Å²) >= 11 is 0. The third-order valence-corrected chi connectivity index (χ3v) is 9.62. The van der Waals surface area contributed by atoms with Crippen LogP contribution in [0.25, 0.3) is 0 Å². The summed E-state index contributed by atoms with van der Waals surface area (Å²) in [7, 11) is 0. The van der Waals surface area contributed by atoms with Gasteiger partial charge in [-0.05, 0) is 38.5 Å². The van der Waals surface area contributed by atoms with Crippen LogP contribution in [0.15, 0.2) is 12.2 Å². The van der Waals surface area contributed by atoms with E-state index in [0.29, 0.717) is 12.8 Å². The monoisotopic (exact) mass is 652 g/mol. The minimum atomic E-state index is -1.15. The molecule has 0 bridgehead atoms. The summed E-state index contributed by atoms with van der Waals surface area (Å²) in [5.74, 6) is -0.152. The second kappa shape index (κ2) is 36.9. The number of allylic oxidation sites excluding steroid dienone is 2. The van der Waals surface area contributed by atoms with Gasteiger partial charge in [-0.1, -0.05) is 187 Å². The topological polar surface area (TPSA) is 89.8 Å². The van der Waals surface area contributed by atoms with Crippen molar-refractivity contribution >= 4 is 5.91 Å². The van der Waals surface area contributed by atoms with Gasteiger partial charge >= 0.3 is 0 Å². The van der Waals surface area contributed by atoms with Crippen molar-refractivity contribution in [2.75, 3.05) is 6.61 Å². The Bertz CT molecular complexity index is 640. The molecule has 46 heavy (non-hydrogen) atoms. The highest BCUT2D eigenvalue weighted by Crippen LogP contribution is 2.16. The Morgan fingerprint density at radius 1 is 0.522 bits per heavy atom. The van der Waals surface area contributed by atoms with E-state index in [0.717, 1.165) is 38.5 Å². The van der Waals surface area contributed by atoms with Gasteiger partial charge in [0.1, 0.15) is 6.10 Å². The van der Waals surface area contributed by atoms with E-state index < -0.39 is 18.2 Å². The molecule has 0 aliphatic rings. The van der Waals surface area contributed by atoms with Gasteiger partial charge in [0.15, 0.2) is 0 Å². The summed E-state index contributed by atoms with van der Waals surface area (Å²) in [6.07, 6.45) is 41.7. The first-order valence-electron chi connectivity index (χ1n) is 20.5. The first-order chi connectivity index (χ1) is 22.6. The Balaban J connectivity index is 3.66. The van der Waals surface area contributed by atoms with Gasteiger partial charge < -0.3 is 20.6 Å². The van der Waals surface area contributed by atoms with Gasteiger partial charge in [-0.25, -0.2) is 0 Å². The normalized spacial score (nSPS) is 13.8. The maximum atomic E-state index is 12.4. The second-order valence-corrected chi connectivity index (χ2v) is 14.2. The van der Waals surface area contributed by atoms with Gasteiger partial charge in [0.2, 0.25) is 5.91 Å². The van der Waals surface area contributed by atoms with Crippen molar-refractivity contribution in [1.29, 1.82) is 0 Å². The molecule has 3 unspecified atom stereocenters. The molecule has 0 aliphatic carbocycles. The van der Waals surface area contributed by atoms with E-state index in [9.17, 15) is 20.1 Å². The van der Waals surface area contributed by atoms with Gasteiger partial charge in [-0.3, -0.25) is 4.79 Å². The van der Waals surface area contributed by atoms with Gasteiger partial charge in [-0.2, -0.15) is 0 Å². The van der Waals surface area contributed by atoms with Crippen LogP contribution in [0.1, 0.15) is 219 Å². The van der Waals surface area contributed by atoms with Crippen molar-refractivity contribution in [2.45, 2.75) is 238 Å². The molecule has 5 heteroatoms. The molecule has 0 saturated carbocycles. The molecule has 0 saturated heterocycles. The van der Waals surface area contributed by atoms with Crippen LogP contribution < -0.4 is 5.32 Å². The predicted molar refractivity (Wildman–Crippen MR) is 199 cm³/mol. The van der Waals surface area contributed by atoms with Crippen LogP contribution >= 0.6 is 0 Å². The van der Waals surface area contributed by atoms with E-state index in [1.165, 1.54) is 154 Å². The Hall–Kier alpha value is -0.910. The van der Waals surface area contributed by atoms with Crippen LogP contribution in [0.5, 0.6) is 0 Å². The summed E-state index contributed by atoms with van der Waals surface area (Å²) in [5, 5.41) is 33.4. The summed E-state index contributed by atoms with van der Waals surface area (Å²) < 4.78 is 0. The lowest BCUT2D eigenvalue weighted by Gasteiger charge is -2.26. The Labute approximate surface area is 287 Å². The molecule has 0 aromatic carbocycles. The number of amides is 1. The maximum Gasteiger partial charge on any atom is 0.220 e. The molecule has 4 N–H and O–H groups in total. The molecule has 0 radical (unpaired) electrons. The second-order valence-electron chi connectivity index (χ2n) is 14.2. The fraction of sp³-hybridized carbons (Fsp3) is 0.927. The highest BCUT2D eigenvalue weighted by atomic mass is 16.3. The van der Waals surface area contributed by atoms with Gasteiger partial charge in [-0.15, -0.1) is 0 Å². The van der Waals surface area contributed by atoms with Crippen LogP contribution in [0.3, 0.4) is 0 Å². The van der Waals surface area contributed by atoms with Crippen molar-refractivity contribution in [2.24, 2.45) is 0 Å². The average Bonchev–Trinajstić information content (AvgIpc) is 3.06. The van der Waals surface area contributed by atoms with Gasteiger partial charge in [0, 0.05) is 6.42 Å². The SMILES string of the molecule is CCCCCCCCCCCC/C=C/CCCC(O)C(O)C(CO)NC(=O)CCCCCCCCCCCCCCCCCCC. The quantitative estimate of drug-likeness (QED) is 0.0397. The van der Waals surface area contributed by atoms with E-state index in [1.54, 1.807) is 0 Å². The largest absolute Gasteiger partial charge is 0.394 e. The van der Waals surface area contributed by atoms with Crippen LogP contribution in [0, 0.1) is 0 Å². The number of unbranched alkanes of at least 4 members (excludes halogenated alkanes) is 27. The molecule has 0 spiro atoms. The summed E-state index contributed by atoms with van der Waals surface area (Å²) in [5.41, 5.74) is 0. The fourth-order valence-electron chi connectivity index (χ4n) is 6.40. The summed E-state index contributed by atoms with van der Waals surface area (Å²) in [4.78, 5) is 12.4. The third kappa shape index (κ3) is 31.7. The lowest BCUT2D eigenvalue weighted by atomic mass is 10.0. The minimum absolute atomic E-state index is 0.152. The van der Waals surface area contributed by atoms with Crippen molar-refractivity contribution in [3.63, 3.8) is 0 Å². The lowest BCUT2D eigenvalue weighted by Crippen LogP contribution is -2.50. The third-order valence-electron chi connectivity index (χ3n) is 9.62. The Morgan fingerprint density at radius 2 is 0.870 bits per heavy atom. The highest BCUT2D eigenvalue weighted by Gasteiger charge is 2.26. The molecule has 5 nitrogen and oxygen atoms in total. The van der Waals surface area contributed by atoms with E-state index in [4.69, 9.17) is 0 Å². The molecule has 0 aromatic rings. The molecule has 0 aliphatic heterocycles. The molecule has 0 rings (SSSR count). The van der Waals surface area contributed by atoms with Crippen LogP contribution in [-0.4, -0.2) is 46.1 Å². The van der Waals surface area contributed by atoms with Crippen molar-refractivity contribution < 1.29 is 20.1 Å². The number of rotatable bonds is 37. The van der Waals surface area contributed by atoms with E-state index >= 15 is 0 Å². The number of hydrogen-bond acceptors (Lipinski definition) is 4. The van der Waals surface area contributed by atoms with Gasteiger partial charge in [0.25, 0.3) is 0 Å². The molecular weight excluding hydrogens is 570 g/mol. The highest BCUT2D eigenvalue weighted by molar-refractivity contribution is 5.76. The van der Waals surface area contributed by atoms with Crippen molar-refractivity contribution in [3.8, 4) is 0 Å². The van der Waals surface area contributed by atoms with E-state index in [2.05, 4.69) is 31.3 Å². The number of carbonyl (C=O) groups is 1. The molecule has 0 fully saturated rings. The lowest BCUT2D eigenvalue weighted by molar-refractivity contribution is -0.124. The van der Waals surface area contributed by atoms with E-state index in [-0.39, 0.29) is 12.5 Å². The maximum absolute atomic E-state index is 12.4. The van der Waals surface area contributed by atoms with Crippen LogP contribution in [0.4, 0.5) is 0 Å². The smallest absolute Gasteiger partial charge is 0.220 e. The number of aliphatic hydroxyl groups excluding tert-OH is 3. The standard InChI is InChI=1S/C41H81NO4/c1-3-5-7-9-11-13-15-17-19-20-22-24-26-28-30-32-34-36-40(45)42-38(37-43)41(46)39(44)35-33-31-29-27-25-23-21-18-16-14-12-10-8-6-4-2/h27,29,38-39,41,43-44,46H,3-26,28,30-37H2,1-2H3,(H,42,45)/b29-27+. The minimum Gasteiger partial charge on any atom is -0.394 e. The zero-order valence-corrected chi connectivity index (χ0v) is 31.0. The number of hydrogen-bond donors (Lipinski definition) is 4. The molecule has 0 aromatic heterocycles. The summed E-state index contributed by atoms with van der Waals surface area (Å²) in [6, 6.07) is -0.819. The van der Waals surface area contributed by atoms with Crippen molar-refractivity contribution in [3.05, 3.63) is 12.2 Å². The first-order valence-corrected chi connectivity index (χ1v) is 20.5. The molecule has 1 amide bonds. The van der Waals surface area contributed by atoms with Crippen LogP contribution in [-0.2, 0) is 4.79 Å². The Morgan fingerprint density at radius 3 is 1.26 bits per heavy atom. The number of aliphatic hydroxyl groups is 3. The van der Waals surface area contributed by atoms with E-state index in [1.807, 2.05) is 0 Å². The molecule has 0 heterocycles. The van der Waals surface area contributed by atoms with Gasteiger partial charge in [0.05, 0.1) is 18.8 Å².